The van der Waals surface area contributed by atoms with Gasteiger partial charge in [0.1, 0.15) is 0 Å². The van der Waals surface area contributed by atoms with Crippen molar-refractivity contribution in [3.05, 3.63) is 35.4 Å². The van der Waals surface area contributed by atoms with Crippen LogP contribution >= 0.6 is 0 Å². The highest BCUT2D eigenvalue weighted by molar-refractivity contribution is 5.95. The fourth-order valence-corrected chi connectivity index (χ4v) is 2.42. The van der Waals surface area contributed by atoms with Gasteiger partial charge in [0.05, 0.1) is 0 Å². The number of imide groups is 1. The first-order valence-corrected chi connectivity index (χ1v) is 7.50. The normalized spacial score (nSPS) is 15.5. The number of urea groups is 1. The minimum atomic E-state index is -0.398. The third-order valence-electron chi connectivity index (χ3n) is 3.77. The molecule has 0 aromatic heterocycles. The molecule has 0 bridgehead atoms. The van der Waals surface area contributed by atoms with Crippen LogP contribution in [0.4, 0.5) is 4.79 Å². The molecule has 0 saturated carbocycles. The molecule has 3 N–H and O–H groups in total. The lowest BCUT2D eigenvalue weighted by molar-refractivity contribution is -0.124. The fourth-order valence-electron chi connectivity index (χ4n) is 2.42. The third-order valence-corrected chi connectivity index (χ3v) is 3.77. The van der Waals surface area contributed by atoms with E-state index in [0.29, 0.717) is 6.54 Å². The third kappa shape index (κ3) is 5.19. The Labute approximate surface area is 125 Å². The molecule has 0 aliphatic carbocycles. The zero-order valence-electron chi connectivity index (χ0n) is 12.4. The van der Waals surface area contributed by atoms with E-state index in [4.69, 9.17) is 0 Å². The van der Waals surface area contributed by atoms with E-state index in [0.717, 1.165) is 32.4 Å². The SMILES string of the molecule is Cc1ccc(CCNC(=O)NC(=O)C2CCNCC2)cc1. The molecule has 2 rings (SSSR count). The second-order valence-corrected chi connectivity index (χ2v) is 5.51. The maximum absolute atomic E-state index is 11.9. The molecule has 5 nitrogen and oxygen atoms in total. The van der Waals surface area contributed by atoms with Gasteiger partial charge in [-0.15, -0.1) is 0 Å². The summed E-state index contributed by atoms with van der Waals surface area (Å²) in [5.41, 5.74) is 2.39. The van der Waals surface area contributed by atoms with Gasteiger partial charge in [0.25, 0.3) is 0 Å². The van der Waals surface area contributed by atoms with E-state index in [1.807, 2.05) is 6.92 Å². The van der Waals surface area contributed by atoms with Crippen LogP contribution < -0.4 is 16.0 Å². The molecule has 1 aliphatic rings. The van der Waals surface area contributed by atoms with Crippen LogP contribution in [0.3, 0.4) is 0 Å². The highest BCUT2D eigenvalue weighted by Crippen LogP contribution is 2.11. The number of hydrogen-bond acceptors (Lipinski definition) is 3. The van der Waals surface area contributed by atoms with E-state index in [1.54, 1.807) is 0 Å². The van der Waals surface area contributed by atoms with Gasteiger partial charge >= 0.3 is 6.03 Å². The number of amides is 3. The van der Waals surface area contributed by atoms with Crippen molar-refractivity contribution in [1.29, 1.82) is 0 Å². The standard InChI is InChI=1S/C16H23N3O2/c1-12-2-4-13(5-3-12)6-11-18-16(21)19-15(20)14-7-9-17-10-8-14/h2-5,14,17H,6-11H2,1H3,(H2,18,19,20,21). The van der Waals surface area contributed by atoms with Crippen LogP contribution in [0.2, 0.25) is 0 Å². The van der Waals surface area contributed by atoms with Crippen LogP contribution in [-0.2, 0) is 11.2 Å². The average Bonchev–Trinajstić information content (AvgIpc) is 2.50. The number of benzene rings is 1. The van der Waals surface area contributed by atoms with Crippen LogP contribution in [-0.4, -0.2) is 31.6 Å². The molecule has 0 spiro atoms. The average molecular weight is 289 g/mol. The van der Waals surface area contributed by atoms with E-state index in [2.05, 4.69) is 40.2 Å². The summed E-state index contributed by atoms with van der Waals surface area (Å²) in [6.45, 7) is 4.25. The molecule has 3 amide bonds. The van der Waals surface area contributed by atoms with Crippen molar-refractivity contribution in [2.45, 2.75) is 26.2 Å². The van der Waals surface area contributed by atoms with Crippen LogP contribution in [0.15, 0.2) is 24.3 Å². The zero-order chi connectivity index (χ0) is 15.1. The van der Waals surface area contributed by atoms with Gasteiger partial charge in [0, 0.05) is 12.5 Å². The predicted molar refractivity (Wildman–Crippen MR) is 82.0 cm³/mol. The minimum Gasteiger partial charge on any atom is -0.337 e. The highest BCUT2D eigenvalue weighted by Gasteiger charge is 2.22. The lowest BCUT2D eigenvalue weighted by atomic mass is 9.97. The molecule has 1 heterocycles. The van der Waals surface area contributed by atoms with E-state index in [1.165, 1.54) is 11.1 Å². The van der Waals surface area contributed by atoms with Gasteiger partial charge in [-0.1, -0.05) is 29.8 Å². The topological polar surface area (TPSA) is 70.2 Å². The minimum absolute atomic E-state index is 0.0471. The Morgan fingerprint density at radius 1 is 1.19 bits per heavy atom. The smallest absolute Gasteiger partial charge is 0.321 e. The van der Waals surface area contributed by atoms with E-state index in [9.17, 15) is 9.59 Å². The van der Waals surface area contributed by atoms with Gasteiger partial charge in [0.15, 0.2) is 0 Å². The molecule has 1 saturated heterocycles. The van der Waals surface area contributed by atoms with Crippen molar-refractivity contribution in [3.8, 4) is 0 Å². The molecule has 114 valence electrons. The molecule has 1 aromatic rings. The molecule has 5 heteroatoms. The first-order chi connectivity index (χ1) is 10.1. The van der Waals surface area contributed by atoms with Gasteiger partial charge in [-0.25, -0.2) is 4.79 Å². The molecule has 1 fully saturated rings. The summed E-state index contributed by atoms with van der Waals surface area (Å²) in [6.07, 6.45) is 2.35. The first kappa shape index (κ1) is 15.5. The lowest BCUT2D eigenvalue weighted by Crippen LogP contribution is -2.45. The van der Waals surface area contributed by atoms with Crippen molar-refractivity contribution in [1.82, 2.24) is 16.0 Å². The van der Waals surface area contributed by atoms with Crippen LogP contribution in [0.1, 0.15) is 24.0 Å². The Kier molecular flexibility index (Phi) is 5.75. The van der Waals surface area contributed by atoms with Crippen molar-refractivity contribution in [2.24, 2.45) is 5.92 Å². The molecule has 1 aromatic carbocycles. The quantitative estimate of drug-likeness (QED) is 0.784. The number of carbonyl (C=O) groups is 2. The number of nitrogens with one attached hydrogen (secondary N) is 3. The van der Waals surface area contributed by atoms with Gasteiger partial charge in [-0.3, -0.25) is 10.1 Å². The Hall–Kier alpha value is -1.88. The summed E-state index contributed by atoms with van der Waals surface area (Å²) >= 11 is 0. The Balaban J connectivity index is 1.67. The van der Waals surface area contributed by atoms with E-state index < -0.39 is 6.03 Å². The second-order valence-electron chi connectivity index (χ2n) is 5.51. The van der Waals surface area contributed by atoms with Crippen molar-refractivity contribution < 1.29 is 9.59 Å². The van der Waals surface area contributed by atoms with E-state index >= 15 is 0 Å². The molecular weight excluding hydrogens is 266 g/mol. The summed E-state index contributed by atoms with van der Waals surface area (Å²) in [4.78, 5) is 23.6. The first-order valence-electron chi connectivity index (χ1n) is 7.50. The monoisotopic (exact) mass is 289 g/mol. The van der Waals surface area contributed by atoms with Crippen molar-refractivity contribution in [2.75, 3.05) is 19.6 Å². The van der Waals surface area contributed by atoms with E-state index in [-0.39, 0.29) is 11.8 Å². The predicted octanol–water partition coefficient (Wildman–Crippen LogP) is 1.36. The molecule has 1 aliphatic heterocycles. The molecule has 21 heavy (non-hydrogen) atoms. The molecule has 0 atom stereocenters. The number of rotatable bonds is 4. The second kappa shape index (κ2) is 7.78. The lowest BCUT2D eigenvalue weighted by Gasteiger charge is -2.21. The molecule has 0 unspecified atom stereocenters. The van der Waals surface area contributed by atoms with Crippen molar-refractivity contribution >= 4 is 11.9 Å². The number of hydrogen-bond donors (Lipinski definition) is 3. The highest BCUT2D eigenvalue weighted by atomic mass is 16.2. The van der Waals surface area contributed by atoms with Crippen LogP contribution in [0, 0.1) is 12.8 Å². The fraction of sp³-hybridized carbons (Fsp3) is 0.500. The summed E-state index contributed by atoms with van der Waals surface area (Å²) < 4.78 is 0. The van der Waals surface area contributed by atoms with Gasteiger partial charge < -0.3 is 10.6 Å². The van der Waals surface area contributed by atoms with Crippen molar-refractivity contribution in [3.63, 3.8) is 0 Å². The summed E-state index contributed by atoms with van der Waals surface area (Å²) in [6, 6.07) is 7.81. The number of piperidine rings is 1. The van der Waals surface area contributed by atoms with Crippen LogP contribution in [0.25, 0.3) is 0 Å². The Bertz CT molecular complexity index is 479. The maximum atomic E-state index is 11.9. The summed E-state index contributed by atoms with van der Waals surface area (Å²) in [7, 11) is 0. The summed E-state index contributed by atoms with van der Waals surface area (Å²) in [5.74, 6) is -0.210. The van der Waals surface area contributed by atoms with Gasteiger partial charge in [-0.2, -0.15) is 0 Å². The number of aryl methyl sites for hydroxylation is 1. The zero-order valence-corrected chi connectivity index (χ0v) is 12.4. The number of carbonyl (C=O) groups excluding carboxylic acids is 2. The van der Waals surface area contributed by atoms with Gasteiger partial charge in [-0.05, 0) is 44.8 Å². The Morgan fingerprint density at radius 3 is 2.52 bits per heavy atom. The largest absolute Gasteiger partial charge is 0.337 e. The molecular formula is C16H23N3O2. The Morgan fingerprint density at radius 2 is 1.86 bits per heavy atom. The van der Waals surface area contributed by atoms with Gasteiger partial charge in [0.2, 0.25) is 5.91 Å². The van der Waals surface area contributed by atoms with Crippen LogP contribution in [0.5, 0.6) is 0 Å². The summed E-state index contributed by atoms with van der Waals surface area (Å²) in [5, 5.41) is 8.36. The molecule has 0 radical (unpaired) electrons. The maximum Gasteiger partial charge on any atom is 0.321 e.